The molecule has 0 aromatic heterocycles. The summed E-state index contributed by atoms with van der Waals surface area (Å²) in [6.07, 6.45) is 9.57. The molecule has 45 heteroatoms. The van der Waals surface area contributed by atoms with E-state index in [1.807, 2.05) is 45.0 Å². The summed E-state index contributed by atoms with van der Waals surface area (Å²) >= 11 is 0. The van der Waals surface area contributed by atoms with Gasteiger partial charge in [0.05, 0.1) is 71.7 Å². The number of sulfonamides is 1. The van der Waals surface area contributed by atoms with Crippen LogP contribution in [0.2, 0.25) is 57.6 Å². The predicted molar refractivity (Wildman–Crippen MR) is 459 cm³/mol. The van der Waals surface area contributed by atoms with Gasteiger partial charge in [-0.1, -0.05) is 103 Å². The van der Waals surface area contributed by atoms with E-state index in [0.29, 0.717) is 75.8 Å². The van der Waals surface area contributed by atoms with Crippen molar-refractivity contribution < 1.29 is 120 Å². The molecule has 0 bridgehead atoms. The van der Waals surface area contributed by atoms with Crippen LogP contribution in [0.3, 0.4) is 0 Å². The van der Waals surface area contributed by atoms with Crippen molar-refractivity contribution >= 4 is 154 Å². The number of hydrogen-bond donors (Lipinski definition) is 17. The highest BCUT2D eigenvalue weighted by Crippen LogP contribution is 2.37. The minimum absolute atomic E-state index is 0.0648. The van der Waals surface area contributed by atoms with E-state index in [-0.39, 0.29) is 133 Å². The topological polar surface area (TPSA) is 688 Å². The second kappa shape index (κ2) is 55.3. The smallest absolute Gasteiger partial charge is 0.407 e. The number of allylic oxidation sites excluding steroid dienone is 1. The van der Waals surface area contributed by atoms with Crippen LogP contribution in [-0.2, 0) is 67.4 Å². The number of hydrogen-bond acceptors (Lipinski definition) is 23. The number of aliphatic hydroxyl groups is 1. The van der Waals surface area contributed by atoms with Gasteiger partial charge in [0, 0.05) is 73.7 Å². The van der Waals surface area contributed by atoms with Crippen LogP contribution in [0.5, 0.6) is 0 Å². The number of carboxylic acid groups (broad SMARTS) is 2. The van der Waals surface area contributed by atoms with E-state index in [0.717, 1.165) is 35.1 Å². The Morgan fingerprint density at radius 3 is 1.23 bits per heavy atom. The monoisotopic (exact) mass is 1710 g/mol. The van der Waals surface area contributed by atoms with Gasteiger partial charge in [-0.2, -0.15) is 4.40 Å². The fourth-order valence-corrected chi connectivity index (χ4v) is 14.5. The number of aliphatic carboxylic acids is 2. The number of nitrogens with zero attached hydrogens (tertiary/aromatic N) is 1. The summed E-state index contributed by atoms with van der Waals surface area (Å²) in [5, 5.41) is 43.2. The number of alkyl carbamates (subject to hydrolysis) is 1. The van der Waals surface area contributed by atoms with E-state index in [4.69, 9.17) is 35.3 Å². The highest BCUT2D eigenvalue weighted by Gasteiger charge is 2.44. The number of primary amides is 6. The van der Waals surface area contributed by atoms with Gasteiger partial charge in [0.15, 0.2) is 37.5 Å². The number of ketones is 1. The molecule has 0 spiro atoms. The zero-order chi connectivity index (χ0) is 98.1. The van der Waals surface area contributed by atoms with Crippen molar-refractivity contribution in [2.45, 2.75) is 246 Å². The zero-order valence-electron chi connectivity index (χ0n) is 77.9. The van der Waals surface area contributed by atoms with E-state index in [1.54, 1.807) is 79.0 Å². The molecule has 8 saturated carbocycles. The molecule has 6 radical (unpaired) electrons. The number of amides is 12. The van der Waals surface area contributed by atoms with Crippen LogP contribution in [0.15, 0.2) is 53.0 Å². The quantitative estimate of drug-likeness (QED) is 0.0396. The number of ether oxygens (including phenoxy) is 2. The van der Waals surface area contributed by atoms with Crippen LogP contribution in [-0.4, -0.2) is 234 Å². The van der Waals surface area contributed by atoms with Crippen molar-refractivity contribution in [2.24, 2.45) is 104 Å². The van der Waals surface area contributed by atoms with Gasteiger partial charge in [-0.25, -0.2) is 13.2 Å². The Labute approximate surface area is 719 Å². The van der Waals surface area contributed by atoms with Crippen molar-refractivity contribution in [1.29, 1.82) is 0 Å². The van der Waals surface area contributed by atoms with Gasteiger partial charge in [-0.3, -0.25) is 71.9 Å². The zero-order valence-corrected chi connectivity index (χ0v) is 71.7. The third-order valence-corrected chi connectivity index (χ3v) is 21.0. The summed E-state index contributed by atoms with van der Waals surface area (Å²) < 4.78 is 82.4. The van der Waals surface area contributed by atoms with Crippen molar-refractivity contribution in [3.63, 3.8) is 0 Å². The van der Waals surface area contributed by atoms with Crippen molar-refractivity contribution in [2.75, 3.05) is 12.4 Å². The van der Waals surface area contributed by atoms with Crippen molar-refractivity contribution in [1.82, 2.24) is 38.0 Å². The highest BCUT2D eigenvalue weighted by atomic mass is 32.2. The maximum atomic E-state index is 11.6. The van der Waals surface area contributed by atoms with Crippen LogP contribution in [0, 0.1) is 59.2 Å². The van der Waals surface area contributed by atoms with Crippen LogP contribution in [0.25, 0.3) is 0 Å². The maximum Gasteiger partial charge on any atom is 0.407 e. The Balaban J connectivity index is 0. The lowest BCUT2D eigenvalue weighted by molar-refractivity contribution is -0.156. The molecule has 0 aliphatic heterocycles. The summed E-state index contributed by atoms with van der Waals surface area (Å²) in [5.41, 5.74) is 19.9. The second-order valence-corrected chi connectivity index (χ2v) is 32.7. The highest BCUT2D eigenvalue weighted by molar-refractivity contribution is 7.90. The number of carboxylic acids is 2. The predicted octanol–water partition coefficient (Wildman–Crippen LogP) is 2.33. The Morgan fingerprint density at radius 2 is 0.817 bits per heavy atom. The summed E-state index contributed by atoms with van der Waals surface area (Å²) in [6, 6.07) is -2.33. The Kier molecular flexibility index (Phi) is 45.7. The minimum Gasteiger partial charge on any atom is -0.481 e. The van der Waals surface area contributed by atoms with E-state index in [1.165, 1.54) is 43.3 Å². The number of nitrogens with one attached hydrogen (secondary N) is 6. The molecule has 38 nitrogen and oxygen atoms in total. The molecule has 26 N–H and O–H groups in total. The number of esters is 1. The molecule has 8 rings (SSSR count). The first-order valence-corrected chi connectivity index (χ1v) is 40.6. The average Bonchev–Trinajstić information content (AvgIpc) is 1.71. The van der Waals surface area contributed by atoms with Crippen molar-refractivity contribution in [3.8, 4) is 0 Å². The molecule has 18 atom stereocenters. The number of aliphatic hydroxyl groups excluding tert-OH is 1. The van der Waals surface area contributed by atoms with E-state index >= 15 is 0 Å². The second-order valence-electron chi connectivity index (χ2n) is 30.8. The Hall–Kier alpha value is -9.63. The summed E-state index contributed by atoms with van der Waals surface area (Å²) in [6.45, 7) is 37.8. The van der Waals surface area contributed by atoms with Gasteiger partial charge in [0.2, 0.25) is 71.8 Å². The van der Waals surface area contributed by atoms with Crippen LogP contribution >= 0.6 is 0 Å². The number of carbonyl (C=O) groups is 16. The molecule has 8 aliphatic carbocycles. The van der Waals surface area contributed by atoms with Gasteiger partial charge in [0.1, 0.15) is 20.1 Å². The molecule has 664 valence electrons. The SMILES string of the molecule is C=C1C[C@H](C(=O)O)[C@H](C(=O)OCC)C1.C=C1C[C@H](NC(=O)OC(C)(C)C)[C@@H](C(=O)O)C1.C[B]C.[2H]N.[2H]NC(=O)[C@H]1CC(=C)C[C@@H]1N.[2H]NC(=O)[C@H]1CC(=C)C[C@@H]1NC(=O)[B]C.[2H]NC(=O)[C@H]1CC(=NS(=O)(=O)CC)C[C@@H]1NC(=O)[B]C.[2H]NC(=O)[C@H]1CC(=O)C[C@@H]1NC(=O)[B]C.[2H]NC(=O)[C@H]1CC(C)C[C@@H]1NC(=O)[B]C.[2H]NC(=O)[C@H]1CC(O)C[C@@H]1NC(=O)[B]C. The van der Waals surface area contributed by atoms with Gasteiger partial charge in [-0.15, -0.1) is 0 Å². The lowest BCUT2D eigenvalue weighted by Crippen LogP contribution is -2.43. The van der Waals surface area contributed by atoms with E-state index in [2.05, 4.69) is 68.8 Å². The summed E-state index contributed by atoms with van der Waals surface area (Å²) in [7, 11) is 5.34. The standard InChI is InChI=1S/C12H19NO4.C10H17BN3O4S.C10H14O4.C9H16BN2O2.C9H14BN2O2.C8H14BN2O3.C8H12BN2O3.C7H12N2O.C2H6B.H3N/c1-7-5-8(10(14)15)9(6-7)13-11(16)17-12(2,3)4;1-3-19(17,18)14-6-4-7(9(12)15)8(5-6)13-10(16)11-2;1-3-14-10(13)8-5-6(2)4-7(8)9(11)12;2*1-5-3-6(8(11)13)7(4-5)12-9(14)10-2;2*1-9-8(14)11-6-3-4(12)2-5(6)7(10)13;1-4-2-5(7(9)10)6(8)3-4;1-3-2;/h8-9H,1,5-6H2,2-4H3,(H,13,16)(H,14,15);7-8H,3-5H2,1-2H3,(H2,12,15)(H,13,16);7-8H,2-5H2,1H3,(H,11,12);5-7H,3-4H2,1-2H3,(H2,11,13)(H,12,14);6-7H,1,3-4H2,2H3,(H2,11,13)(H,12,14);4-6,12H,2-3H2,1H3,(H2,10,13)(H,11,14);5-6H,2-3H2,1H3,(H2,10,13)(H,11,14);5-6H,1-3,8H2,(H2,9,10);1-2H3;1H3/t8-,9-;7-,8-;7-,8+;5?,6-,7-;6-,7-;4?,5-,6-;2*5-,6-;;/m00000000../s1/i/hD7. The van der Waals surface area contributed by atoms with E-state index in [9.17, 15) is 90.2 Å². The Morgan fingerprint density at radius 1 is 0.475 bits per heavy atom. The summed E-state index contributed by atoms with van der Waals surface area (Å²) in [4.78, 5) is 180. The largest absolute Gasteiger partial charge is 0.481 e. The molecule has 0 saturated heterocycles. The Bertz CT molecular complexity index is 3810. The fraction of sp³-hybridized carbons (Fsp3) is 0.667. The molecular weight excluding hydrogens is 1580 g/mol. The van der Waals surface area contributed by atoms with Crippen molar-refractivity contribution in [3.05, 3.63) is 48.6 Å². The molecule has 8 fully saturated rings. The lowest BCUT2D eigenvalue weighted by Gasteiger charge is -2.23. The maximum absolute atomic E-state index is 11.6. The van der Waals surface area contributed by atoms with Crippen LogP contribution < -0.4 is 78.1 Å². The molecule has 8 aliphatic rings. The first-order valence-electron chi connectivity index (χ1n) is 42.6. The molecule has 0 heterocycles. The molecular formula is C75H127B6N15O23S. The molecule has 2 unspecified atom stereocenters. The van der Waals surface area contributed by atoms with Crippen LogP contribution in [0.4, 0.5) is 28.8 Å². The van der Waals surface area contributed by atoms with Gasteiger partial charge < -0.3 is 103 Å². The average molecular weight is 1710 g/mol. The molecule has 0 aromatic carbocycles. The molecule has 12 amide bonds. The normalized spacial score (nSPS) is 27.2. The van der Waals surface area contributed by atoms with Gasteiger partial charge >= 0.3 is 24.0 Å². The van der Waals surface area contributed by atoms with Crippen LogP contribution in [0.1, 0.15) is 144 Å². The third-order valence-electron chi connectivity index (χ3n) is 19.7. The third kappa shape index (κ3) is 42.0. The lowest BCUT2D eigenvalue weighted by atomic mass is 9.81. The first kappa shape index (κ1) is 99.2. The fourth-order valence-electron chi connectivity index (χ4n) is 13.8. The number of carbonyl (C=O) groups excluding carboxylic acids is 14. The van der Waals surface area contributed by atoms with Gasteiger partial charge in [-0.05, 0) is 118 Å². The molecule has 0 aromatic rings. The first-order chi connectivity index (χ1) is 59.4. The number of nitrogens with two attached hydrogens (primary N) is 7. The number of Topliss-reactive ketones (excluding diaryl/α,β-unsaturated/α-hetero) is 1. The summed E-state index contributed by atoms with van der Waals surface area (Å²) in [5.74, 6) is -10.3. The van der Waals surface area contributed by atoms with E-state index < -0.39 is 117 Å². The number of rotatable bonds is 23. The van der Waals surface area contributed by atoms with Gasteiger partial charge in [0.25, 0.3) is 10.0 Å². The molecule has 120 heavy (non-hydrogen) atoms. The minimum atomic E-state index is -3.53.